The lowest BCUT2D eigenvalue weighted by Gasteiger charge is -2.25. The largest absolute Gasteiger partial charge is 0.274 e. The Morgan fingerprint density at radius 2 is 1.73 bits per heavy atom. The molecular weight excluding hydrogens is 407 g/mol. The van der Waals surface area contributed by atoms with Crippen LogP contribution in [0.4, 0.5) is 10.1 Å². The van der Waals surface area contributed by atoms with Crippen LogP contribution in [0.1, 0.15) is 31.7 Å². The molecule has 1 aliphatic heterocycles. The number of carbonyl (C=O) groups excluding carboxylic acids is 2. The van der Waals surface area contributed by atoms with E-state index in [0.29, 0.717) is 11.6 Å². The monoisotopic (exact) mass is 430 g/mol. The molecule has 3 rings (SSSR count). The van der Waals surface area contributed by atoms with Gasteiger partial charge in [0.1, 0.15) is 11.9 Å². The summed E-state index contributed by atoms with van der Waals surface area (Å²) in [6.07, 6.45) is 1.07. The number of hydrogen-bond acceptors (Lipinski definition) is 4. The molecule has 0 bridgehead atoms. The molecule has 2 aromatic carbocycles. The van der Waals surface area contributed by atoms with Crippen LogP contribution in [-0.4, -0.2) is 37.1 Å². The fourth-order valence-electron chi connectivity index (χ4n) is 3.38. The van der Waals surface area contributed by atoms with Crippen LogP contribution >= 0.6 is 0 Å². The van der Waals surface area contributed by atoms with Crippen LogP contribution in [0.15, 0.2) is 66.1 Å². The molecule has 6 nitrogen and oxygen atoms in total. The quantitative estimate of drug-likeness (QED) is 0.498. The summed E-state index contributed by atoms with van der Waals surface area (Å²) in [7, 11) is -4.15. The third-order valence-corrected chi connectivity index (χ3v) is 6.91. The molecule has 1 saturated heterocycles. The van der Waals surface area contributed by atoms with Crippen molar-refractivity contribution in [3.63, 3.8) is 0 Å². The summed E-state index contributed by atoms with van der Waals surface area (Å²) in [5.74, 6) is -1.39. The molecule has 1 aliphatic rings. The maximum atomic E-state index is 13.2. The first-order chi connectivity index (χ1) is 14.2. The third-order valence-electron chi connectivity index (χ3n) is 5.02. The Morgan fingerprint density at radius 1 is 1.13 bits per heavy atom. The lowest BCUT2D eigenvalue weighted by atomic mass is 10.0. The van der Waals surface area contributed by atoms with Crippen molar-refractivity contribution in [3.05, 3.63) is 72.6 Å². The van der Waals surface area contributed by atoms with Crippen LogP contribution in [-0.2, 0) is 19.6 Å². The van der Waals surface area contributed by atoms with E-state index in [9.17, 15) is 22.4 Å². The number of benzene rings is 2. The van der Waals surface area contributed by atoms with Crippen molar-refractivity contribution < 1.29 is 22.4 Å². The van der Waals surface area contributed by atoms with Gasteiger partial charge in [-0.3, -0.25) is 9.59 Å². The summed E-state index contributed by atoms with van der Waals surface area (Å²) < 4.78 is 40.4. The Morgan fingerprint density at radius 3 is 2.27 bits per heavy atom. The fourth-order valence-corrected chi connectivity index (χ4v) is 4.93. The number of imide groups is 1. The molecule has 0 N–H and O–H groups in total. The van der Waals surface area contributed by atoms with E-state index in [1.54, 1.807) is 12.1 Å². The van der Waals surface area contributed by atoms with Crippen LogP contribution < -0.4 is 4.90 Å². The number of halogens is 1. The Bertz CT molecular complexity index is 1060. The van der Waals surface area contributed by atoms with Crippen molar-refractivity contribution in [2.24, 2.45) is 0 Å². The van der Waals surface area contributed by atoms with E-state index < -0.39 is 33.7 Å². The average Bonchev–Trinajstić information content (AvgIpc) is 3.00. The highest BCUT2D eigenvalue weighted by molar-refractivity contribution is 7.89. The molecule has 1 heterocycles. The normalized spacial score (nSPS) is 17.2. The van der Waals surface area contributed by atoms with Crippen LogP contribution in [0.3, 0.4) is 0 Å². The van der Waals surface area contributed by atoms with Crippen molar-refractivity contribution >= 4 is 27.5 Å². The summed E-state index contributed by atoms with van der Waals surface area (Å²) in [6, 6.07) is 10.2. The van der Waals surface area contributed by atoms with Crippen molar-refractivity contribution in [2.75, 3.05) is 11.4 Å². The highest BCUT2D eigenvalue weighted by Crippen LogP contribution is 2.30. The fraction of sp³-hybridized carbons (Fsp3) is 0.273. The summed E-state index contributed by atoms with van der Waals surface area (Å²) in [6.45, 7) is 7.47. The second kappa shape index (κ2) is 8.49. The van der Waals surface area contributed by atoms with Gasteiger partial charge in [-0.15, -0.1) is 6.58 Å². The smallest absolute Gasteiger partial charge is 0.252 e. The van der Waals surface area contributed by atoms with Crippen LogP contribution in [0.5, 0.6) is 0 Å². The Labute approximate surface area is 175 Å². The van der Waals surface area contributed by atoms with Crippen LogP contribution in [0, 0.1) is 5.82 Å². The summed E-state index contributed by atoms with van der Waals surface area (Å²) >= 11 is 0. The van der Waals surface area contributed by atoms with E-state index in [4.69, 9.17) is 0 Å². The second-order valence-electron chi connectivity index (χ2n) is 7.35. The number of rotatable bonds is 7. The van der Waals surface area contributed by atoms with E-state index in [1.165, 1.54) is 6.08 Å². The molecule has 8 heteroatoms. The minimum absolute atomic E-state index is 0.161. The molecule has 2 amide bonds. The first-order valence-corrected chi connectivity index (χ1v) is 11.0. The molecule has 30 heavy (non-hydrogen) atoms. The number of sulfonamides is 1. The summed E-state index contributed by atoms with van der Waals surface area (Å²) in [5.41, 5.74) is 1.45. The second-order valence-corrected chi connectivity index (χ2v) is 9.24. The van der Waals surface area contributed by atoms with Gasteiger partial charge in [-0.2, -0.15) is 4.31 Å². The number of hydrogen-bond donors (Lipinski definition) is 0. The molecule has 0 radical (unpaired) electrons. The first-order valence-electron chi connectivity index (χ1n) is 9.52. The number of anilines is 1. The maximum Gasteiger partial charge on any atom is 0.252 e. The highest BCUT2D eigenvalue weighted by atomic mass is 32.2. The molecule has 1 unspecified atom stereocenters. The molecule has 1 fully saturated rings. The molecule has 0 saturated carbocycles. The van der Waals surface area contributed by atoms with E-state index >= 15 is 0 Å². The van der Waals surface area contributed by atoms with Crippen LogP contribution in [0.2, 0.25) is 0 Å². The Hall–Kier alpha value is -2.84. The van der Waals surface area contributed by atoms with Gasteiger partial charge in [0.15, 0.2) is 0 Å². The minimum Gasteiger partial charge on any atom is -0.274 e. The standard InChI is InChI=1S/C22H23FN2O4S/c1-4-13-24(30(28,29)19-11-7-17(23)8-12-19)20-14-21(26)25(22(20)27)18-9-5-16(6-10-18)15(2)3/h4-12,15,20H,1,13-14H2,2-3H3. The molecule has 0 spiro atoms. The maximum absolute atomic E-state index is 13.2. The molecular formula is C22H23FN2O4S. The van der Waals surface area contributed by atoms with Gasteiger partial charge in [-0.05, 0) is 47.9 Å². The van der Waals surface area contributed by atoms with Crippen molar-refractivity contribution in [2.45, 2.75) is 37.1 Å². The van der Waals surface area contributed by atoms with Gasteiger partial charge in [-0.1, -0.05) is 32.1 Å². The van der Waals surface area contributed by atoms with Crippen LogP contribution in [0.25, 0.3) is 0 Å². The lowest BCUT2D eigenvalue weighted by molar-refractivity contribution is -0.122. The zero-order chi connectivity index (χ0) is 22.1. The molecule has 0 aliphatic carbocycles. The summed E-state index contributed by atoms with van der Waals surface area (Å²) in [4.78, 5) is 26.6. The predicted octanol–water partition coefficient (Wildman–Crippen LogP) is 3.46. The zero-order valence-electron chi connectivity index (χ0n) is 16.8. The molecule has 2 aromatic rings. The minimum atomic E-state index is -4.15. The predicted molar refractivity (Wildman–Crippen MR) is 112 cm³/mol. The van der Waals surface area contributed by atoms with Gasteiger partial charge in [0.25, 0.3) is 5.91 Å². The number of carbonyl (C=O) groups is 2. The van der Waals surface area contributed by atoms with Gasteiger partial charge in [-0.25, -0.2) is 17.7 Å². The van der Waals surface area contributed by atoms with Gasteiger partial charge in [0.05, 0.1) is 17.0 Å². The van der Waals surface area contributed by atoms with Gasteiger partial charge >= 0.3 is 0 Å². The average molecular weight is 431 g/mol. The summed E-state index contributed by atoms with van der Waals surface area (Å²) in [5, 5.41) is 0. The Balaban J connectivity index is 1.94. The number of amides is 2. The molecule has 1 atom stereocenters. The topological polar surface area (TPSA) is 74.8 Å². The van der Waals surface area contributed by atoms with Crippen molar-refractivity contribution in [1.82, 2.24) is 4.31 Å². The van der Waals surface area contributed by atoms with E-state index in [0.717, 1.165) is 39.0 Å². The van der Waals surface area contributed by atoms with E-state index in [1.807, 2.05) is 26.0 Å². The third kappa shape index (κ3) is 4.06. The van der Waals surface area contributed by atoms with Crippen molar-refractivity contribution in [1.29, 1.82) is 0 Å². The SMILES string of the molecule is C=CCN(C1CC(=O)N(c2ccc(C(C)C)cc2)C1=O)S(=O)(=O)c1ccc(F)cc1. The van der Waals surface area contributed by atoms with E-state index in [2.05, 4.69) is 6.58 Å². The molecule has 0 aromatic heterocycles. The van der Waals surface area contributed by atoms with Gasteiger partial charge < -0.3 is 0 Å². The Kier molecular flexibility index (Phi) is 6.19. The van der Waals surface area contributed by atoms with Gasteiger partial charge in [0.2, 0.25) is 15.9 Å². The van der Waals surface area contributed by atoms with Crippen molar-refractivity contribution in [3.8, 4) is 0 Å². The van der Waals surface area contributed by atoms with Gasteiger partial charge in [0, 0.05) is 6.54 Å². The lowest BCUT2D eigenvalue weighted by Crippen LogP contribution is -2.45. The first kappa shape index (κ1) is 21.9. The highest BCUT2D eigenvalue weighted by Gasteiger charge is 2.46. The molecule has 158 valence electrons. The number of nitrogens with zero attached hydrogens (tertiary/aromatic N) is 2. The van der Waals surface area contributed by atoms with E-state index in [-0.39, 0.29) is 17.9 Å². The zero-order valence-corrected chi connectivity index (χ0v) is 17.6.